The Morgan fingerprint density at radius 2 is 2.33 bits per heavy atom. The van der Waals surface area contributed by atoms with Crippen molar-refractivity contribution >= 4 is 16.9 Å². The van der Waals surface area contributed by atoms with Gasteiger partial charge in [-0.25, -0.2) is 0 Å². The Labute approximate surface area is 123 Å². The number of fused-ring (bicyclic) bond motifs is 1. The number of nitrogens with zero attached hydrogens (tertiary/aromatic N) is 1. The van der Waals surface area contributed by atoms with Gasteiger partial charge in [0.15, 0.2) is 0 Å². The average Bonchev–Trinajstić information content (AvgIpc) is 2.89. The van der Waals surface area contributed by atoms with Crippen molar-refractivity contribution in [3.63, 3.8) is 0 Å². The molecule has 0 aliphatic carbocycles. The van der Waals surface area contributed by atoms with E-state index >= 15 is 0 Å². The first-order valence-electron chi connectivity index (χ1n) is 7.14. The summed E-state index contributed by atoms with van der Waals surface area (Å²) in [7, 11) is 0. The van der Waals surface area contributed by atoms with E-state index in [1.54, 1.807) is 11.2 Å². The Morgan fingerprint density at radius 3 is 3.14 bits per heavy atom. The molecule has 1 amide bonds. The largest absolute Gasteiger partial charge is 0.464 e. The highest BCUT2D eigenvalue weighted by molar-refractivity contribution is 5.88. The zero-order valence-electron chi connectivity index (χ0n) is 12.0. The van der Waals surface area contributed by atoms with Crippen LogP contribution >= 0.6 is 0 Å². The number of carbonyl (C=O) groups excluding carboxylic acids is 1. The molecule has 5 nitrogen and oxygen atoms in total. The number of aliphatic hydroxyl groups is 1. The van der Waals surface area contributed by atoms with E-state index in [1.807, 2.05) is 25.1 Å². The Hall–Kier alpha value is -1.85. The summed E-state index contributed by atoms with van der Waals surface area (Å²) in [6.07, 6.45) is 1.70. The maximum atomic E-state index is 12.4. The minimum absolute atomic E-state index is 0.0417. The van der Waals surface area contributed by atoms with E-state index in [1.165, 1.54) is 0 Å². The molecular formula is C16H19NO4. The standard InChI is InChI=1S/C16H19NO4/c1-11-2-3-14-12(10-21-15(14)6-11)7-16(19)17-4-5-20-13(8-17)9-18/h2-3,6,10,13,18H,4-5,7-9H2,1H3. The average molecular weight is 289 g/mol. The van der Waals surface area contributed by atoms with Gasteiger partial charge >= 0.3 is 0 Å². The predicted octanol–water partition coefficient (Wildman–Crippen LogP) is 1.50. The third kappa shape index (κ3) is 2.94. The number of hydrogen-bond acceptors (Lipinski definition) is 4. The summed E-state index contributed by atoms with van der Waals surface area (Å²) in [5.74, 6) is 0.0417. The van der Waals surface area contributed by atoms with Crippen molar-refractivity contribution in [2.24, 2.45) is 0 Å². The van der Waals surface area contributed by atoms with Gasteiger partial charge in [-0.3, -0.25) is 4.79 Å². The van der Waals surface area contributed by atoms with Gasteiger partial charge in [0, 0.05) is 24.0 Å². The van der Waals surface area contributed by atoms with Crippen LogP contribution in [0.15, 0.2) is 28.9 Å². The quantitative estimate of drug-likeness (QED) is 0.930. The topological polar surface area (TPSA) is 62.9 Å². The van der Waals surface area contributed by atoms with Gasteiger partial charge in [0.05, 0.1) is 32.0 Å². The Kier molecular flexibility index (Phi) is 3.94. The number of morpholine rings is 1. The molecular weight excluding hydrogens is 270 g/mol. The number of amides is 1. The van der Waals surface area contributed by atoms with Crippen molar-refractivity contribution in [2.45, 2.75) is 19.4 Å². The zero-order valence-corrected chi connectivity index (χ0v) is 12.0. The first kappa shape index (κ1) is 14.1. The van der Waals surface area contributed by atoms with E-state index in [-0.39, 0.29) is 18.6 Å². The summed E-state index contributed by atoms with van der Waals surface area (Å²) in [6.45, 7) is 3.45. The predicted molar refractivity (Wildman–Crippen MR) is 78.1 cm³/mol. The van der Waals surface area contributed by atoms with Gasteiger partial charge in [-0.05, 0) is 18.6 Å². The second-order valence-corrected chi connectivity index (χ2v) is 5.45. The summed E-state index contributed by atoms with van der Waals surface area (Å²) < 4.78 is 10.9. The van der Waals surface area contributed by atoms with Crippen molar-refractivity contribution in [1.82, 2.24) is 4.90 Å². The Balaban J connectivity index is 1.74. The summed E-state index contributed by atoms with van der Waals surface area (Å²) in [4.78, 5) is 14.1. The number of aryl methyl sites for hydroxylation is 1. The molecule has 1 aromatic carbocycles. The zero-order chi connectivity index (χ0) is 14.8. The lowest BCUT2D eigenvalue weighted by molar-refractivity contribution is -0.139. The lowest BCUT2D eigenvalue weighted by Gasteiger charge is -2.32. The van der Waals surface area contributed by atoms with Crippen molar-refractivity contribution in [1.29, 1.82) is 0 Å². The van der Waals surface area contributed by atoms with Crippen LogP contribution in [0.2, 0.25) is 0 Å². The fourth-order valence-corrected chi connectivity index (χ4v) is 2.66. The molecule has 112 valence electrons. The van der Waals surface area contributed by atoms with Gasteiger partial charge in [0.1, 0.15) is 5.58 Å². The van der Waals surface area contributed by atoms with Crippen LogP contribution in [0.25, 0.3) is 11.0 Å². The highest BCUT2D eigenvalue weighted by atomic mass is 16.5. The van der Waals surface area contributed by atoms with Gasteiger partial charge in [0.25, 0.3) is 0 Å². The van der Waals surface area contributed by atoms with E-state index in [9.17, 15) is 4.79 Å². The molecule has 1 N–H and O–H groups in total. The number of carbonyl (C=O) groups is 1. The molecule has 0 radical (unpaired) electrons. The molecule has 1 saturated heterocycles. The second kappa shape index (κ2) is 5.87. The number of ether oxygens (including phenoxy) is 1. The van der Waals surface area contributed by atoms with E-state index in [2.05, 4.69) is 0 Å². The normalized spacial score (nSPS) is 19.1. The van der Waals surface area contributed by atoms with Crippen LogP contribution in [0.3, 0.4) is 0 Å². The third-order valence-electron chi connectivity index (χ3n) is 3.85. The molecule has 2 aromatic rings. The van der Waals surface area contributed by atoms with Gasteiger partial charge in [-0.15, -0.1) is 0 Å². The monoisotopic (exact) mass is 289 g/mol. The van der Waals surface area contributed by atoms with E-state index in [0.29, 0.717) is 26.1 Å². The van der Waals surface area contributed by atoms with E-state index < -0.39 is 0 Å². The molecule has 2 heterocycles. The second-order valence-electron chi connectivity index (χ2n) is 5.45. The van der Waals surface area contributed by atoms with Gasteiger partial charge in [-0.1, -0.05) is 12.1 Å². The minimum Gasteiger partial charge on any atom is -0.464 e. The van der Waals surface area contributed by atoms with Crippen molar-refractivity contribution in [2.75, 3.05) is 26.3 Å². The summed E-state index contributed by atoms with van der Waals surface area (Å²) in [6, 6.07) is 5.98. The molecule has 0 saturated carbocycles. The molecule has 0 spiro atoms. The Morgan fingerprint density at radius 1 is 1.48 bits per heavy atom. The molecule has 5 heteroatoms. The number of hydrogen-bond donors (Lipinski definition) is 1. The lowest BCUT2D eigenvalue weighted by Crippen LogP contribution is -2.47. The SMILES string of the molecule is Cc1ccc2c(CC(=O)N3CCOC(CO)C3)coc2c1. The third-order valence-corrected chi connectivity index (χ3v) is 3.85. The molecule has 0 bridgehead atoms. The molecule has 1 aliphatic heterocycles. The number of rotatable bonds is 3. The van der Waals surface area contributed by atoms with Crippen LogP contribution in [-0.4, -0.2) is 48.3 Å². The minimum atomic E-state index is -0.272. The van der Waals surface area contributed by atoms with Crippen LogP contribution in [0.5, 0.6) is 0 Å². The maximum absolute atomic E-state index is 12.4. The molecule has 1 unspecified atom stereocenters. The molecule has 1 atom stereocenters. The first-order valence-corrected chi connectivity index (χ1v) is 7.14. The van der Waals surface area contributed by atoms with E-state index in [0.717, 1.165) is 22.1 Å². The fraction of sp³-hybridized carbons (Fsp3) is 0.438. The molecule has 1 aliphatic rings. The van der Waals surface area contributed by atoms with Crippen molar-refractivity contribution in [3.8, 4) is 0 Å². The first-order chi connectivity index (χ1) is 10.2. The van der Waals surface area contributed by atoms with Gasteiger partial charge in [-0.2, -0.15) is 0 Å². The summed E-state index contributed by atoms with van der Waals surface area (Å²) in [5.41, 5.74) is 2.85. The Bertz CT molecular complexity index is 649. The molecule has 1 aromatic heterocycles. The van der Waals surface area contributed by atoms with Crippen LogP contribution in [-0.2, 0) is 16.0 Å². The number of aliphatic hydroxyl groups excluding tert-OH is 1. The highest BCUT2D eigenvalue weighted by Crippen LogP contribution is 2.23. The van der Waals surface area contributed by atoms with Gasteiger partial charge in [0.2, 0.25) is 5.91 Å². The van der Waals surface area contributed by atoms with Crippen LogP contribution in [0.1, 0.15) is 11.1 Å². The van der Waals surface area contributed by atoms with Gasteiger partial charge < -0.3 is 19.2 Å². The van der Waals surface area contributed by atoms with Crippen molar-refractivity contribution < 1.29 is 19.1 Å². The number of furan rings is 1. The molecule has 3 rings (SSSR count). The highest BCUT2D eigenvalue weighted by Gasteiger charge is 2.24. The number of benzene rings is 1. The van der Waals surface area contributed by atoms with Crippen molar-refractivity contribution in [3.05, 3.63) is 35.6 Å². The fourth-order valence-electron chi connectivity index (χ4n) is 2.66. The summed E-state index contributed by atoms with van der Waals surface area (Å²) in [5, 5.41) is 10.1. The van der Waals surface area contributed by atoms with Crippen LogP contribution < -0.4 is 0 Å². The molecule has 21 heavy (non-hydrogen) atoms. The smallest absolute Gasteiger partial charge is 0.227 e. The van der Waals surface area contributed by atoms with E-state index in [4.69, 9.17) is 14.3 Å². The van der Waals surface area contributed by atoms with Crippen LogP contribution in [0.4, 0.5) is 0 Å². The lowest BCUT2D eigenvalue weighted by atomic mass is 10.1. The molecule has 1 fully saturated rings. The summed E-state index contributed by atoms with van der Waals surface area (Å²) >= 11 is 0. The van der Waals surface area contributed by atoms with Crippen LogP contribution in [0, 0.1) is 6.92 Å². The maximum Gasteiger partial charge on any atom is 0.227 e.